The SMILES string of the molecule is C=C1C(=O)O[C@H]2[C@H]1CC/C(CNC(=O)/C=C/c1ccc(Cl)cc1Cl)=C\CC[C@@]1(C)O[C@@H]21. The third-order valence-corrected chi connectivity index (χ3v) is 6.87. The second-order valence-electron chi connectivity index (χ2n) is 8.51. The zero-order valence-electron chi connectivity index (χ0n) is 17.3. The first kappa shape index (κ1) is 22.1. The van der Waals surface area contributed by atoms with Crippen LogP contribution in [0.2, 0.25) is 10.0 Å². The summed E-state index contributed by atoms with van der Waals surface area (Å²) in [5, 5.41) is 3.97. The van der Waals surface area contributed by atoms with Crippen LogP contribution >= 0.6 is 23.2 Å². The van der Waals surface area contributed by atoms with Crippen LogP contribution in [0.3, 0.4) is 0 Å². The molecule has 4 atom stereocenters. The van der Waals surface area contributed by atoms with Crippen molar-refractivity contribution in [1.29, 1.82) is 0 Å². The molecule has 2 heterocycles. The summed E-state index contributed by atoms with van der Waals surface area (Å²) in [6.07, 6.45) is 8.17. The molecule has 2 saturated heterocycles. The topological polar surface area (TPSA) is 67.9 Å². The van der Waals surface area contributed by atoms with Crippen LogP contribution in [0.15, 0.2) is 48.1 Å². The van der Waals surface area contributed by atoms with Gasteiger partial charge in [-0.25, -0.2) is 4.79 Å². The number of hydrogen-bond donors (Lipinski definition) is 1. The molecule has 1 aromatic carbocycles. The van der Waals surface area contributed by atoms with E-state index in [-0.39, 0.29) is 35.6 Å². The minimum absolute atomic E-state index is 0.0523. The minimum atomic E-state index is -0.322. The molecule has 0 spiro atoms. The number of nitrogens with one attached hydrogen (secondary N) is 1. The van der Waals surface area contributed by atoms with Crippen molar-refractivity contribution in [2.45, 2.75) is 50.4 Å². The standard InChI is InChI=1S/C24H25Cl2NO4/c1-14-18-9-5-15(4-3-11-24(2)22(31-24)21(18)30-23(14)29)13-27-20(28)10-7-16-6-8-17(25)12-19(16)26/h4,6-8,10,12,18,21-22H,1,3,5,9,11,13H2,2H3,(H,27,28)/b10-7+,15-4+/t18-,21-,22-,24+/m0/s1. The molecular formula is C24H25Cl2NO4. The highest BCUT2D eigenvalue weighted by Gasteiger charge is 2.61. The number of hydrogen-bond acceptors (Lipinski definition) is 4. The van der Waals surface area contributed by atoms with Gasteiger partial charge < -0.3 is 14.8 Å². The highest BCUT2D eigenvalue weighted by Crippen LogP contribution is 2.49. The highest BCUT2D eigenvalue weighted by molar-refractivity contribution is 6.35. The van der Waals surface area contributed by atoms with E-state index in [2.05, 4.69) is 24.9 Å². The molecule has 1 aromatic rings. The van der Waals surface area contributed by atoms with E-state index in [0.717, 1.165) is 36.8 Å². The van der Waals surface area contributed by atoms with E-state index < -0.39 is 0 Å². The predicted molar refractivity (Wildman–Crippen MR) is 121 cm³/mol. The molecule has 7 heteroatoms. The Balaban J connectivity index is 1.38. The fourth-order valence-electron chi connectivity index (χ4n) is 4.34. The largest absolute Gasteiger partial charge is 0.455 e. The monoisotopic (exact) mass is 461 g/mol. The number of benzene rings is 1. The molecule has 164 valence electrons. The average molecular weight is 462 g/mol. The molecule has 5 nitrogen and oxygen atoms in total. The van der Waals surface area contributed by atoms with E-state index in [0.29, 0.717) is 22.2 Å². The number of epoxide rings is 1. The number of carbonyl (C=O) groups is 2. The van der Waals surface area contributed by atoms with Crippen molar-refractivity contribution in [2.75, 3.05) is 6.54 Å². The van der Waals surface area contributed by atoms with Crippen molar-refractivity contribution in [1.82, 2.24) is 5.32 Å². The summed E-state index contributed by atoms with van der Waals surface area (Å²) in [7, 11) is 0. The van der Waals surface area contributed by atoms with Gasteiger partial charge in [0.25, 0.3) is 0 Å². The number of rotatable bonds is 4. The minimum Gasteiger partial charge on any atom is -0.455 e. The van der Waals surface area contributed by atoms with Gasteiger partial charge in [-0.15, -0.1) is 0 Å². The van der Waals surface area contributed by atoms with E-state index in [4.69, 9.17) is 32.7 Å². The lowest BCUT2D eigenvalue weighted by Gasteiger charge is -2.20. The Morgan fingerprint density at radius 3 is 2.97 bits per heavy atom. The summed E-state index contributed by atoms with van der Waals surface area (Å²) in [6, 6.07) is 5.13. The van der Waals surface area contributed by atoms with Gasteiger partial charge in [0.15, 0.2) is 0 Å². The first-order chi connectivity index (χ1) is 14.8. The normalized spacial score (nSPS) is 32.0. The number of allylic oxidation sites excluding steroid dienone is 1. The van der Waals surface area contributed by atoms with Crippen LogP contribution in [0.4, 0.5) is 0 Å². The van der Waals surface area contributed by atoms with Crippen molar-refractivity contribution in [2.24, 2.45) is 5.92 Å². The predicted octanol–water partition coefficient (Wildman–Crippen LogP) is 4.88. The van der Waals surface area contributed by atoms with Gasteiger partial charge in [0.2, 0.25) is 5.91 Å². The zero-order valence-corrected chi connectivity index (χ0v) is 18.8. The van der Waals surface area contributed by atoms with Crippen molar-refractivity contribution in [3.63, 3.8) is 0 Å². The Bertz CT molecular complexity index is 986. The van der Waals surface area contributed by atoms with E-state index in [1.54, 1.807) is 24.3 Å². The van der Waals surface area contributed by atoms with E-state index in [9.17, 15) is 9.59 Å². The summed E-state index contributed by atoms with van der Waals surface area (Å²) < 4.78 is 11.5. The van der Waals surface area contributed by atoms with Gasteiger partial charge in [-0.2, -0.15) is 0 Å². The lowest BCUT2D eigenvalue weighted by atomic mass is 9.84. The Labute approximate surface area is 192 Å². The number of amides is 1. The van der Waals surface area contributed by atoms with Crippen LogP contribution in [-0.2, 0) is 19.1 Å². The summed E-state index contributed by atoms with van der Waals surface area (Å²) in [5.41, 5.74) is 2.10. The Hall–Kier alpha value is -2.08. The van der Waals surface area contributed by atoms with Crippen molar-refractivity contribution in [3.8, 4) is 0 Å². The fraction of sp³-hybridized carbons (Fsp3) is 0.417. The summed E-state index contributed by atoms with van der Waals surface area (Å²) in [5.74, 6) is -0.580. The van der Waals surface area contributed by atoms with Gasteiger partial charge in [0.05, 0.1) is 5.60 Å². The maximum absolute atomic E-state index is 12.3. The maximum Gasteiger partial charge on any atom is 0.334 e. The summed E-state index contributed by atoms with van der Waals surface area (Å²) >= 11 is 12.0. The number of fused-ring (bicyclic) bond motifs is 3. The molecular weight excluding hydrogens is 437 g/mol. The van der Waals surface area contributed by atoms with Crippen LogP contribution in [0.5, 0.6) is 0 Å². The third kappa shape index (κ3) is 4.89. The quantitative estimate of drug-likeness (QED) is 0.300. The number of esters is 1. The van der Waals surface area contributed by atoms with Crippen molar-refractivity contribution >= 4 is 41.2 Å². The van der Waals surface area contributed by atoms with Gasteiger partial charge in [-0.1, -0.05) is 47.5 Å². The van der Waals surface area contributed by atoms with Gasteiger partial charge in [-0.3, -0.25) is 4.79 Å². The molecule has 1 amide bonds. The van der Waals surface area contributed by atoms with Crippen molar-refractivity contribution < 1.29 is 19.1 Å². The first-order valence-corrected chi connectivity index (χ1v) is 11.2. The number of carbonyl (C=O) groups excluding carboxylic acids is 2. The zero-order chi connectivity index (χ0) is 22.2. The molecule has 2 aliphatic heterocycles. The van der Waals surface area contributed by atoms with Crippen LogP contribution in [0.1, 0.15) is 38.2 Å². The lowest BCUT2D eigenvalue weighted by Crippen LogP contribution is -2.29. The second kappa shape index (κ2) is 8.81. The Morgan fingerprint density at radius 1 is 1.39 bits per heavy atom. The van der Waals surface area contributed by atoms with Crippen molar-refractivity contribution in [3.05, 3.63) is 63.7 Å². The van der Waals surface area contributed by atoms with E-state index in [1.165, 1.54) is 6.08 Å². The van der Waals surface area contributed by atoms with Crippen LogP contribution in [-0.4, -0.2) is 36.2 Å². The molecule has 31 heavy (non-hydrogen) atoms. The maximum atomic E-state index is 12.3. The first-order valence-electron chi connectivity index (χ1n) is 10.4. The molecule has 0 unspecified atom stereocenters. The van der Waals surface area contributed by atoms with Gasteiger partial charge in [0.1, 0.15) is 12.2 Å². The molecule has 0 radical (unpaired) electrons. The number of halogens is 2. The smallest absolute Gasteiger partial charge is 0.334 e. The number of ether oxygens (including phenoxy) is 2. The van der Waals surface area contributed by atoms with Crippen LogP contribution in [0.25, 0.3) is 6.08 Å². The van der Waals surface area contributed by atoms with Gasteiger partial charge >= 0.3 is 5.97 Å². The Morgan fingerprint density at radius 2 is 2.19 bits per heavy atom. The molecule has 1 aliphatic carbocycles. The summed E-state index contributed by atoms with van der Waals surface area (Å²) in [6.45, 7) is 6.44. The average Bonchev–Trinajstić information content (AvgIpc) is 3.31. The Kier molecular flexibility index (Phi) is 6.29. The van der Waals surface area contributed by atoms with E-state index in [1.807, 2.05) is 0 Å². The molecule has 0 saturated carbocycles. The highest BCUT2D eigenvalue weighted by atomic mass is 35.5. The molecule has 2 fully saturated rings. The fourth-order valence-corrected chi connectivity index (χ4v) is 4.81. The molecule has 0 bridgehead atoms. The second-order valence-corrected chi connectivity index (χ2v) is 9.35. The third-order valence-electron chi connectivity index (χ3n) is 6.31. The van der Waals surface area contributed by atoms with Gasteiger partial charge in [-0.05, 0) is 56.4 Å². The molecule has 0 aromatic heterocycles. The molecule has 3 aliphatic rings. The summed E-state index contributed by atoms with van der Waals surface area (Å²) in [4.78, 5) is 24.4. The molecule has 4 rings (SSSR count). The van der Waals surface area contributed by atoms with Gasteiger partial charge in [0, 0.05) is 34.2 Å². The van der Waals surface area contributed by atoms with Crippen LogP contribution in [0, 0.1) is 5.92 Å². The molecule has 1 N–H and O–H groups in total. The lowest BCUT2D eigenvalue weighted by molar-refractivity contribution is -0.140. The van der Waals surface area contributed by atoms with E-state index >= 15 is 0 Å². The van der Waals surface area contributed by atoms with Crippen LogP contribution < -0.4 is 5.32 Å².